The number of hydrogen-bond acceptors (Lipinski definition) is 3. The lowest BCUT2D eigenvalue weighted by molar-refractivity contribution is -0.706. The Bertz CT molecular complexity index is 630. The summed E-state index contributed by atoms with van der Waals surface area (Å²) in [5.74, 6) is 1.53. The predicted octanol–water partition coefficient (Wildman–Crippen LogP) is 2.71. The Balaban J connectivity index is 2.09. The molecule has 4 nitrogen and oxygen atoms in total. The summed E-state index contributed by atoms with van der Waals surface area (Å²) in [6.07, 6.45) is 0.947. The van der Waals surface area contributed by atoms with Crippen LogP contribution in [-0.2, 0) is 13.2 Å². The van der Waals surface area contributed by atoms with Gasteiger partial charge < -0.3 is 19.9 Å². The first-order valence-electron chi connectivity index (χ1n) is 8.15. The van der Waals surface area contributed by atoms with E-state index in [4.69, 9.17) is 9.47 Å². The van der Waals surface area contributed by atoms with E-state index in [0.29, 0.717) is 6.61 Å². The molecule has 24 heavy (non-hydrogen) atoms. The molecule has 0 amide bonds. The molecule has 3 N–H and O–H groups in total. The molecule has 0 unspecified atom stereocenters. The highest BCUT2D eigenvalue weighted by atomic mass is 127. The van der Waals surface area contributed by atoms with Gasteiger partial charge in [0.1, 0.15) is 19.2 Å². The van der Waals surface area contributed by atoms with Gasteiger partial charge in [0.2, 0.25) is 0 Å². The van der Waals surface area contributed by atoms with Crippen LogP contribution in [0.15, 0.2) is 42.5 Å². The van der Waals surface area contributed by atoms with Gasteiger partial charge in [0.25, 0.3) is 0 Å². The molecule has 0 fully saturated rings. The van der Waals surface area contributed by atoms with E-state index in [9.17, 15) is 5.11 Å². The Morgan fingerprint density at radius 1 is 1.17 bits per heavy atom. The van der Waals surface area contributed by atoms with Gasteiger partial charge in [-0.1, -0.05) is 37.3 Å². The zero-order valence-electron chi connectivity index (χ0n) is 14.2. The number of rotatable bonds is 9. The first-order valence-corrected chi connectivity index (χ1v) is 9.23. The largest absolute Gasteiger partial charge is 0.493 e. The molecule has 0 radical (unpaired) electrons. The number of methoxy groups -OCH3 is 1. The minimum atomic E-state index is 0.197. The molecule has 0 aliphatic rings. The normalized spacial score (nSPS) is 12.0. The first-order chi connectivity index (χ1) is 11.7. The van der Waals surface area contributed by atoms with E-state index in [1.54, 1.807) is 7.11 Å². The Hall–Kier alpha value is -1.31. The van der Waals surface area contributed by atoms with Crippen molar-refractivity contribution in [2.24, 2.45) is 0 Å². The van der Waals surface area contributed by atoms with Crippen LogP contribution in [-0.4, -0.2) is 24.9 Å². The molecule has 0 heterocycles. The number of halogens is 1. The topological polar surface area (TPSA) is 55.3 Å². The molecule has 0 bridgehead atoms. The third-order valence-corrected chi connectivity index (χ3v) is 4.76. The number of quaternary nitrogens is 1. The van der Waals surface area contributed by atoms with Gasteiger partial charge >= 0.3 is 0 Å². The van der Waals surface area contributed by atoms with Crippen LogP contribution in [0.2, 0.25) is 0 Å². The number of hydrogen-bond donors (Lipinski definition) is 2. The summed E-state index contributed by atoms with van der Waals surface area (Å²) in [7, 11) is 1.66. The molecule has 2 rings (SSSR count). The number of aliphatic hydroxyl groups is 1. The second kappa shape index (κ2) is 9.86. The highest BCUT2D eigenvalue weighted by Crippen LogP contribution is 2.34. The van der Waals surface area contributed by atoms with Crippen molar-refractivity contribution in [3.8, 4) is 11.5 Å². The van der Waals surface area contributed by atoms with Crippen molar-refractivity contribution in [3.63, 3.8) is 0 Å². The minimum absolute atomic E-state index is 0.197. The second-order valence-corrected chi connectivity index (χ2v) is 6.84. The number of nitrogens with two attached hydrogens (primary N) is 1. The van der Waals surface area contributed by atoms with Crippen LogP contribution in [0.1, 0.15) is 24.5 Å². The predicted molar refractivity (Wildman–Crippen MR) is 103 cm³/mol. The molecule has 130 valence electrons. The summed E-state index contributed by atoms with van der Waals surface area (Å²) in [4.78, 5) is 0. The summed E-state index contributed by atoms with van der Waals surface area (Å²) >= 11 is 2.29. The van der Waals surface area contributed by atoms with E-state index < -0.39 is 0 Å². The van der Waals surface area contributed by atoms with Crippen LogP contribution >= 0.6 is 22.6 Å². The van der Waals surface area contributed by atoms with Crippen LogP contribution < -0.4 is 14.8 Å². The zero-order valence-corrected chi connectivity index (χ0v) is 16.3. The fraction of sp³-hybridized carbons (Fsp3) is 0.368. The second-order valence-electron chi connectivity index (χ2n) is 5.67. The monoisotopic (exact) mass is 442 g/mol. The third kappa shape index (κ3) is 5.36. The SMILES string of the molecule is CC[C@@H](CO)[NH2+]Cc1cc(I)c(OCc2ccccc2)c(OC)c1. The van der Waals surface area contributed by atoms with E-state index in [2.05, 4.69) is 40.9 Å². The van der Waals surface area contributed by atoms with Gasteiger partial charge in [-0.25, -0.2) is 0 Å². The summed E-state index contributed by atoms with van der Waals surface area (Å²) in [6.45, 7) is 3.61. The molecule has 5 heteroatoms. The maximum absolute atomic E-state index is 9.30. The Morgan fingerprint density at radius 2 is 1.92 bits per heavy atom. The van der Waals surface area contributed by atoms with Gasteiger partial charge in [0.15, 0.2) is 11.5 Å². The molecule has 2 aromatic rings. The van der Waals surface area contributed by atoms with Crippen molar-refractivity contribution in [2.75, 3.05) is 13.7 Å². The van der Waals surface area contributed by atoms with E-state index in [0.717, 1.165) is 39.2 Å². The molecular formula is C19H25INO3+. The van der Waals surface area contributed by atoms with E-state index in [-0.39, 0.29) is 12.6 Å². The highest BCUT2D eigenvalue weighted by molar-refractivity contribution is 14.1. The van der Waals surface area contributed by atoms with Gasteiger partial charge in [-0.05, 0) is 46.7 Å². The summed E-state index contributed by atoms with van der Waals surface area (Å²) in [5.41, 5.74) is 2.29. The number of benzene rings is 2. The number of ether oxygens (including phenoxy) is 2. The molecule has 0 saturated heterocycles. The maximum atomic E-state index is 9.30. The van der Waals surface area contributed by atoms with Gasteiger partial charge in [-0.2, -0.15) is 0 Å². The van der Waals surface area contributed by atoms with Crippen molar-refractivity contribution >= 4 is 22.6 Å². The zero-order chi connectivity index (χ0) is 17.4. The molecule has 0 aliphatic carbocycles. The lowest BCUT2D eigenvalue weighted by Gasteiger charge is -2.15. The lowest BCUT2D eigenvalue weighted by Crippen LogP contribution is -2.89. The van der Waals surface area contributed by atoms with Gasteiger partial charge in [-0.15, -0.1) is 0 Å². The van der Waals surface area contributed by atoms with Gasteiger partial charge in [-0.3, -0.25) is 0 Å². The molecule has 0 spiro atoms. The highest BCUT2D eigenvalue weighted by Gasteiger charge is 2.14. The van der Waals surface area contributed by atoms with Crippen LogP contribution in [0.5, 0.6) is 11.5 Å². The molecule has 0 saturated carbocycles. The van der Waals surface area contributed by atoms with E-state index in [1.807, 2.05) is 36.4 Å². The Kier molecular flexibility index (Phi) is 7.81. The Labute approximate surface area is 157 Å². The van der Waals surface area contributed by atoms with E-state index >= 15 is 0 Å². The smallest absolute Gasteiger partial charge is 0.174 e. The van der Waals surface area contributed by atoms with Gasteiger partial charge in [0, 0.05) is 5.56 Å². The average molecular weight is 442 g/mol. The van der Waals surface area contributed by atoms with Crippen LogP contribution in [0.25, 0.3) is 0 Å². The van der Waals surface area contributed by atoms with Crippen LogP contribution in [0, 0.1) is 3.57 Å². The molecule has 0 aliphatic heterocycles. The van der Waals surface area contributed by atoms with Crippen LogP contribution in [0.4, 0.5) is 0 Å². The summed E-state index contributed by atoms with van der Waals surface area (Å²) < 4.78 is 12.5. The quantitative estimate of drug-likeness (QED) is 0.588. The summed E-state index contributed by atoms with van der Waals surface area (Å²) in [6, 6.07) is 14.5. The van der Waals surface area contributed by atoms with E-state index in [1.165, 1.54) is 0 Å². The average Bonchev–Trinajstić information content (AvgIpc) is 2.62. The van der Waals surface area contributed by atoms with Crippen LogP contribution in [0.3, 0.4) is 0 Å². The van der Waals surface area contributed by atoms with Crippen molar-refractivity contribution in [3.05, 3.63) is 57.2 Å². The number of aliphatic hydroxyl groups excluding tert-OH is 1. The van der Waals surface area contributed by atoms with Crippen molar-refractivity contribution in [1.82, 2.24) is 0 Å². The Morgan fingerprint density at radius 3 is 2.54 bits per heavy atom. The fourth-order valence-corrected chi connectivity index (χ4v) is 3.26. The van der Waals surface area contributed by atoms with Crippen molar-refractivity contribution in [1.29, 1.82) is 0 Å². The molecule has 1 atom stereocenters. The van der Waals surface area contributed by atoms with Gasteiger partial charge in [0.05, 0.1) is 17.3 Å². The molecule has 2 aromatic carbocycles. The third-order valence-electron chi connectivity index (χ3n) is 3.96. The molecular weight excluding hydrogens is 417 g/mol. The van der Waals surface area contributed by atoms with Crippen molar-refractivity contribution in [2.45, 2.75) is 32.5 Å². The minimum Gasteiger partial charge on any atom is -0.493 e. The molecule has 0 aromatic heterocycles. The maximum Gasteiger partial charge on any atom is 0.174 e. The summed E-state index contributed by atoms with van der Waals surface area (Å²) in [5, 5.41) is 11.5. The lowest BCUT2D eigenvalue weighted by atomic mass is 10.1. The first kappa shape index (κ1) is 19.0. The fourth-order valence-electron chi connectivity index (χ4n) is 2.43. The van der Waals surface area contributed by atoms with Crippen molar-refractivity contribution < 1.29 is 19.9 Å². The standard InChI is InChI=1S/C19H24INO3/c1-3-16(12-22)21-11-15-9-17(20)19(18(10-15)23-2)24-13-14-7-5-4-6-8-14/h4-10,16,21-22H,3,11-13H2,1-2H3/p+1/t16-/m0/s1.